The zero-order valence-electron chi connectivity index (χ0n) is 13.7. The van der Waals surface area contributed by atoms with E-state index >= 15 is 0 Å². The van der Waals surface area contributed by atoms with E-state index in [0.717, 1.165) is 11.3 Å². The van der Waals surface area contributed by atoms with E-state index in [-0.39, 0.29) is 12.4 Å². The quantitative estimate of drug-likeness (QED) is 0.661. The van der Waals surface area contributed by atoms with Crippen molar-refractivity contribution in [2.75, 3.05) is 13.2 Å². The van der Waals surface area contributed by atoms with Gasteiger partial charge in [-0.1, -0.05) is 12.1 Å². The third-order valence-corrected chi connectivity index (χ3v) is 3.70. The average Bonchev–Trinajstić information content (AvgIpc) is 3.16. The van der Waals surface area contributed by atoms with Gasteiger partial charge in [0.1, 0.15) is 24.3 Å². The topological polar surface area (TPSA) is 59.3 Å². The Hall–Kier alpha value is -2.70. The first-order valence-electron chi connectivity index (χ1n) is 8.05. The summed E-state index contributed by atoms with van der Waals surface area (Å²) in [6.45, 7) is 1.21. The van der Waals surface area contributed by atoms with Crippen LogP contribution in [0.1, 0.15) is 5.56 Å². The Morgan fingerprint density at radius 3 is 2.56 bits per heavy atom. The molecule has 6 heteroatoms. The number of aliphatic hydroxyl groups is 1. The van der Waals surface area contributed by atoms with Crippen LogP contribution in [-0.2, 0) is 6.54 Å². The number of imidazole rings is 1. The van der Waals surface area contributed by atoms with Gasteiger partial charge in [0, 0.05) is 31.2 Å². The standard InChI is InChI=1S/C19H20FN3O2/c20-16-3-7-19(8-4-16)25-13-18(24)12-22-11-15-1-5-17(6-2-15)23-10-9-21-14-23/h1-10,14,18,22,24H,11-13H2. The molecule has 2 aromatic carbocycles. The largest absolute Gasteiger partial charge is 0.491 e. The summed E-state index contributed by atoms with van der Waals surface area (Å²) < 4.78 is 20.2. The number of aliphatic hydroxyl groups excluding tert-OH is 1. The lowest BCUT2D eigenvalue weighted by Crippen LogP contribution is -2.31. The molecule has 3 rings (SSSR count). The molecule has 1 aromatic heterocycles. The highest BCUT2D eigenvalue weighted by Crippen LogP contribution is 2.11. The van der Waals surface area contributed by atoms with Crippen molar-refractivity contribution in [2.24, 2.45) is 0 Å². The molecule has 3 aromatic rings. The zero-order valence-corrected chi connectivity index (χ0v) is 13.7. The maximum absolute atomic E-state index is 12.8. The number of ether oxygens (including phenoxy) is 1. The van der Waals surface area contributed by atoms with Crippen molar-refractivity contribution in [2.45, 2.75) is 12.6 Å². The number of rotatable bonds is 8. The predicted molar refractivity (Wildman–Crippen MR) is 93.2 cm³/mol. The maximum atomic E-state index is 12.8. The van der Waals surface area contributed by atoms with Gasteiger partial charge < -0.3 is 19.7 Å². The number of nitrogens with zero attached hydrogens (tertiary/aromatic N) is 2. The van der Waals surface area contributed by atoms with Crippen molar-refractivity contribution in [3.63, 3.8) is 0 Å². The summed E-state index contributed by atoms with van der Waals surface area (Å²) in [5, 5.41) is 13.1. The highest BCUT2D eigenvalue weighted by atomic mass is 19.1. The molecular formula is C19H20FN3O2. The maximum Gasteiger partial charge on any atom is 0.123 e. The van der Waals surface area contributed by atoms with E-state index in [1.807, 2.05) is 35.0 Å². The van der Waals surface area contributed by atoms with Gasteiger partial charge in [-0.2, -0.15) is 0 Å². The third kappa shape index (κ3) is 5.14. The molecular weight excluding hydrogens is 321 g/mol. The Labute approximate surface area is 145 Å². The van der Waals surface area contributed by atoms with Crippen LogP contribution in [0.25, 0.3) is 5.69 Å². The molecule has 0 aliphatic rings. The molecule has 0 spiro atoms. The molecule has 1 heterocycles. The van der Waals surface area contributed by atoms with E-state index in [4.69, 9.17) is 4.74 Å². The van der Waals surface area contributed by atoms with Crippen molar-refractivity contribution < 1.29 is 14.2 Å². The molecule has 0 saturated heterocycles. The molecule has 0 saturated carbocycles. The summed E-state index contributed by atoms with van der Waals surface area (Å²) in [6.07, 6.45) is 4.75. The summed E-state index contributed by atoms with van der Waals surface area (Å²) in [7, 11) is 0. The van der Waals surface area contributed by atoms with Crippen LogP contribution >= 0.6 is 0 Å². The molecule has 0 bridgehead atoms. The molecule has 130 valence electrons. The molecule has 0 radical (unpaired) electrons. The van der Waals surface area contributed by atoms with Gasteiger partial charge in [-0.25, -0.2) is 9.37 Å². The summed E-state index contributed by atoms with van der Waals surface area (Å²) in [5.41, 5.74) is 2.17. The zero-order chi connectivity index (χ0) is 17.5. The fourth-order valence-electron chi connectivity index (χ4n) is 2.36. The summed E-state index contributed by atoms with van der Waals surface area (Å²) in [6, 6.07) is 13.8. The first kappa shape index (κ1) is 17.1. The molecule has 0 aliphatic carbocycles. The van der Waals surface area contributed by atoms with Crippen LogP contribution in [0.2, 0.25) is 0 Å². The number of hydrogen-bond acceptors (Lipinski definition) is 4. The summed E-state index contributed by atoms with van der Waals surface area (Å²) in [4.78, 5) is 4.03. The molecule has 2 N–H and O–H groups in total. The Morgan fingerprint density at radius 1 is 1.12 bits per heavy atom. The van der Waals surface area contributed by atoms with Crippen molar-refractivity contribution in [3.05, 3.63) is 78.6 Å². The first-order chi connectivity index (χ1) is 12.2. The van der Waals surface area contributed by atoms with Crippen molar-refractivity contribution in [1.29, 1.82) is 0 Å². The Morgan fingerprint density at radius 2 is 1.88 bits per heavy atom. The van der Waals surface area contributed by atoms with E-state index in [9.17, 15) is 9.50 Å². The average molecular weight is 341 g/mol. The fraction of sp³-hybridized carbons (Fsp3) is 0.211. The summed E-state index contributed by atoms with van der Waals surface area (Å²) in [5.74, 6) is 0.226. The minimum atomic E-state index is -0.643. The minimum Gasteiger partial charge on any atom is -0.491 e. The molecule has 0 aliphatic heterocycles. The van der Waals surface area contributed by atoms with Crippen LogP contribution in [0.15, 0.2) is 67.3 Å². The summed E-state index contributed by atoms with van der Waals surface area (Å²) >= 11 is 0. The number of nitrogens with one attached hydrogen (secondary N) is 1. The van der Waals surface area contributed by atoms with Gasteiger partial charge in [0.15, 0.2) is 0 Å². The van der Waals surface area contributed by atoms with Gasteiger partial charge in [-0.05, 0) is 42.0 Å². The highest BCUT2D eigenvalue weighted by Gasteiger charge is 2.05. The number of aromatic nitrogens is 2. The van der Waals surface area contributed by atoms with Gasteiger partial charge in [0.05, 0.1) is 6.33 Å². The van der Waals surface area contributed by atoms with Crippen LogP contribution < -0.4 is 10.1 Å². The molecule has 1 atom stereocenters. The minimum absolute atomic E-state index is 0.151. The van der Waals surface area contributed by atoms with Gasteiger partial charge in [0.2, 0.25) is 0 Å². The monoisotopic (exact) mass is 341 g/mol. The van der Waals surface area contributed by atoms with Crippen LogP contribution in [-0.4, -0.2) is 33.9 Å². The second-order valence-corrected chi connectivity index (χ2v) is 5.69. The smallest absolute Gasteiger partial charge is 0.123 e. The van der Waals surface area contributed by atoms with E-state index in [1.165, 1.54) is 24.3 Å². The van der Waals surface area contributed by atoms with E-state index in [0.29, 0.717) is 18.8 Å². The number of hydrogen-bond donors (Lipinski definition) is 2. The van der Waals surface area contributed by atoms with Gasteiger partial charge in [0.25, 0.3) is 0 Å². The second kappa shape index (κ2) is 8.41. The van der Waals surface area contributed by atoms with Crippen LogP contribution in [0.3, 0.4) is 0 Å². The lowest BCUT2D eigenvalue weighted by atomic mass is 10.2. The Balaban J connectivity index is 1.39. The van der Waals surface area contributed by atoms with Crippen molar-refractivity contribution >= 4 is 0 Å². The molecule has 0 amide bonds. The molecule has 25 heavy (non-hydrogen) atoms. The van der Waals surface area contributed by atoms with E-state index in [1.54, 1.807) is 12.5 Å². The second-order valence-electron chi connectivity index (χ2n) is 5.69. The first-order valence-corrected chi connectivity index (χ1v) is 8.05. The van der Waals surface area contributed by atoms with Gasteiger partial charge >= 0.3 is 0 Å². The Bertz CT molecular complexity index is 758. The fourth-order valence-corrected chi connectivity index (χ4v) is 2.36. The normalized spacial score (nSPS) is 12.1. The van der Waals surface area contributed by atoms with Crippen LogP contribution in [0.5, 0.6) is 5.75 Å². The van der Waals surface area contributed by atoms with Crippen molar-refractivity contribution in [1.82, 2.24) is 14.9 Å². The molecule has 5 nitrogen and oxygen atoms in total. The highest BCUT2D eigenvalue weighted by molar-refractivity contribution is 5.34. The number of halogens is 1. The van der Waals surface area contributed by atoms with E-state index < -0.39 is 6.10 Å². The van der Waals surface area contributed by atoms with Crippen molar-refractivity contribution in [3.8, 4) is 11.4 Å². The van der Waals surface area contributed by atoms with Crippen LogP contribution in [0.4, 0.5) is 4.39 Å². The lowest BCUT2D eigenvalue weighted by molar-refractivity contribution is 0.106. The van der Waals surface area contributed by atoms with Gasteiger partial charge in [-0.15, -0.1) is 0 Å². The predicted octanol–water partition coefficient (Wildman–Crippen LogP) is 2.54. The third-order valence-electron chi connectivity index (χ3n) is 3.70. The van der Waals surface area contributed by atoms with Crippen LogP contribution in [0, 0.1) is 5.82 Å². The molecule has 0 fully saturated rings. The van der Waals surface area contributed by atoms with E-state index in [2.05, 4.69) is 10.3 Å². The lowest BCUT2D eigenvalue weighted by Gasteiger charge is -2.13. The Kier molecular flexibility index (Phi) is 5.77. The molecule has 1 unspecified atom stereocenters. The number of benzene rings is 2. The SMILES string of the molecule is OC(CNCc1ccc(-n2ccnc2)cc1)COc1ccc(F)cc1. The van der Waals surface area contributed by atoms with Gasteiger partial charge in [-0.3, -0.25) is 0 Å².